The van der Waals surface area contributed by atoms with Gasteiger partial charge in [-0.3, -0.25) is 0 Å². The molecule has 0 heterocycles. The second kappa shape index (κ2) is 5.49. The normalized spacial score (nSPS) is 9.92. The van der Waals surface area contributed by atoms with E-state index in [2.05, 4.69) is 0 Å². The summed E-state index contributed by atoms with van der Waals surface area (Å²) >= 11 is 0. The van der Waals surface area contributed by atoms with Crippen molar-refractivity contribution in [1.82, 2.24) is 0 Å². The molecule has 0 aromatic heterocycles. The molecule has 0 bridgehead atoms. The Kier molecular flexibility index (Phi) is 4.19. The highest BCUT2D eigenvalue weighted by atomic mass is 16.3. The quantitative estimate of drug-likeness (QED) is 0.550. The molecule has 1 N–H and O–H groups in total. The predicted octanol–water partition coefficient (Wildman–Crippen LogP) is 1.70. The summed E-state index contributed by atoms with van der Waals surface area (Å²) in [5, 5.41) is 8.80. The molecular weight excluding hydrogens is 164 g/mol. The van der Waals surface area contributed by atoms with Crippen LogP contribution in [-0.4, -0.2) is 11.4 Å². The Bertz CT molecular complexity index is 251. The van der Waals surface area contributed by atoms with Crippen LogP contribution in [0.1, 0.15) is 24.0 Å². The summed E-state index contributed by atoms with van der Waals surface area (Å²) in [5.74, 6) is 0. The predicted molar refractivity (Wildman–Crippen MR) is 51.4 cm³/mol. The highest BCUT2D eigenvalue weighted by Crippen LogP contribution is 2.07. The van der Waals surface area contributed by atoms with Crippen LogP contribution >= 0.6 is 0 Å². The fourth-order valence-electron chi connectivity index (χ4n) is 1.20. The molecule has 0 fully saturated rings. The van der Waals surface area contributed by atoms with Gasteiger partial charge in [-0.15, -0.1) is 0 Å². The number of benzene rings is 1. The van der Waals surface area contributed by atoms with Gasteiger partial charge in [0.25, 0.3) is 0 Å². The lowest BCUT2D eigenvalue weighted by molar-refractivity contribution is -0.107. The third-order valence-corrected chi connectivity index (χ3v) is 1.99. The molecule has 0 atom stereocenters. The third kappa shape index (κ3) is 3.38. The van der Waals surface area contributed by atoms with Gasteiger partial charge in [0.05, 0.1) is 6.61 Å². The van der Waals surface area contributed by atoms with Crippen LogP contribution in [0, 0.1) is 0 Å². The molecule has 0 aliphatic heterocycles. The average Bonchev–Trinajstić information content (AvgIpc) is 2.19. The number of aryl methyl sites for hydroxylation is 1. The van der Waals surface area contributed by atoms with E-state index < -0.39 is 0 Å². The van der Waals surface area contributed by atoms with Crippen LogP contribution in [0.15, 0.2) is 24.3 Å². The van der Waals surface area contributed by atoms with Gasteiger partial charge in [0.1, 0.15) is 6.29 Å². The van der Waals surface area contributed by atoms with Crippen LogP contribution in [-0.2, 0) is 17.8 Å². The molecule has 0 spiro atoms. The van der Waals surface area contributed by atoms with E-state index in [1.54, 1.807) is 0 Å². The maximum absolute atomic E-state index is 10.1. The minimum Gasteiger partial charge on any atom is -0.392 e. The van der Waals surface area contributed by atoms with Gasteiger partial charge in [-0.05, 0) is 24.0 Å². The van der Waals surface area contributed by atoms with E-state index in [1.165, 1.54) is 5.56 Å². The van der Waals surface area contributed by atoms with Crippen molar-refractivity contribution >= 4 is 6.29 Å². The van der Waals surface area contributed by atoms with Gasteiger partial charge in [-0.25, -0.2) is 0 Å². The van der Waals surface area contributed by atoms with Crippen molar-refractivity contribution in [2.24, 2.45) is 0 Å². The third-order valence-electron chi connectivity index (χ3n) is 1.99. The molecule has 1 rings (SSSR count). The first-order valence-corrected chi connectivity index (χ1v) is 4.49. The second-order valence-corrected chi connectivity index (χ2v) is 3.03. The molecule has 0 aliphatic carbocycles. The fourth-order valence-corrected chi connectivity index (χ4v) is 1.20. The van der Waals surface area contributed by atoms with Gasteiger partial charge in [-0.1, -0.05) is 24.3 Å². The summed E-state index contributed by atoms with van der Waals surface area (Å²) in [6.07, 6.45) is 3.41. The standard InChI is InChI=1S/C11H14O2/c12-8-2-1-3-10-4-6-11(9-13)7-5-10/h4-8,13H,1-3,9H2. The Labute approximate surface area is 78.2 Å². The molecule has 1 aromatic carbocycles. The van der Waals surface area contributed by atoms with Crippen molar-refractivity contribution in [3.8, 4) is 0 Å². The summed E-state index contributed by atoms with van der Waals surface area (Å²) < 4.78 is 0. The monoisotopic (exact) mass is 178 g/mol. The first-order chi connectivity index (χ1) is 6.36. The number of carbonyl (C=O) groups is 1. The molecule has 13 heavy (non-hydrogen) atoms. The van der Waals surface area contributed by atoms with E-state index in [0.29, 0.717) is 6.42 Å². The van der Waals surface area contributed by atoms with Gasteiger partial charge >= 0.3 is 0 Å². The van der Waals surface area contributed by atoms with Crippen LogP contribution in [0.4, 0.5) is 0 Å². The van der Waals surface area contributed by atoms with Crippen LogP contribution in [0.3, 0.4) is 0 Å². The smallest absolute Gasteiger partial charge is 0.120 e. The highest BCUT2D eigenvalue weighted by Gasteiger charge is 1.93. The molecule has 0 aliphatic rings. The average molecular weight is 178 g/mol. The highest BCUT2D eigenvalue weighted by molar-refractivity contribution is 5.49. The van der Waals surface area contributed by atoms with Gasteiger partial charge in [0, 0.05) is 6.42 Å². The van der Waals surface area contributed by atoms with Crippen molar-refractivity contribution in [3.05, 3.63) is 35.4 Å². The Morgan fingerprint density at radius 3 is 2.31 bits per heavy atom. The minimum absolute atomic E-state index is 0.0919. The SMILES string of the molecule is O=CCCCc1ccc(CO)cc1. The van der Waals surface area contributed by atoms with Gasteiger partial charge in [-0.2, -0.15) is 0 Å². The number of hydrogen-bond acceptors (Lipinski definition) is 2. The largest absolute Gasteiger partial charge is 0.392 e. The Hall–Kier alpha value is -1.15. The Balaban J connectivity index is 2.44. The van der Waals surface area contributed by atoms with Crippen molar-refractivity contribution in [1.29, 1.82) is 0 Å². The fraction of sp³-hybridized carbons (Fsp3) is 0.364. The van der Waals surface area contributed by atoms with Crippen LogP contribution in [0.2, 0.25) is 0 Å². The molecule has 2 heteroatoms. The first kappa shape index (κ1) is 9.93. The van der Waals surface area contributed by atoms with Crippen molar-refractivity contribution in [2.75, 3.05) is 0 Å². The van der Waals surface area contributed by atoms with E-state index in [-0.39, 0.29) is 6.61 Å². The van der Waals surface area contributed by atoms with E-state index in [4.69, 9.17) is 5.11 Å². The molecule has 0 saturated carbocycles. The number of carbonyl (C=O) groups excluding carboxylic acids is 1. The maximum Gasteiger partial charge on any atom is 0.120 e. The number of unbranched alkanes of at least 4 members (excludes halogenated alkanes) is 1. The Morgan fingerprint density at radius 2 is 1.77 bits per heavy atom. The number of aldehydes is 1. The summed E-state index contributed by atoms with van der Waals surface area (Å²) in [5.41, 5.74) is 2.15. The maximum atomic E-state index is 10.1. The lowest BCUT2D eigenvalue weighted by Gasteiger charge is -2.00. The zero-order valence-corrected chi connectivity index (χ0v) is 7.57. The van der Waals surface area contributed by atoms with E-state index >= 15 is 0 Å². The number of aliphatic hydroxyl groups is 1. The molecule has 0 amide bonds. The van der Waals surface area contributed by atoms with Crippen LogP contribution in [0.5, 0.6) is 0 Å². The number of aliphatic hydroxyl groups excluding tert-OH is 1. The van der Waals surface area contributed by atoms with E-state index in [0.717, 1.165) is 24.7 Å². The van der Waals surface area contributed by atoms with Crippen LogP contribution in [0.25, 0.3) is 0 Å². The molecule has 0 unspecified atom stereocenters. The van der Waals surface area contributed by atoms with Gasteiger partial charge in [0.15, 0.2) is 0 Å². The van der Waals surface area contributed by atoms with Crippen molar-refractivity contribution in [2.45, 2.75) is 25.9 Å². The molecule has 1 aromatic rings. The van der Waals surface area contributed by atoms with Crippen LogP contribution < -0.4 is 0 Å². The second-order valence-electron chi connectivity index (χ2n) is 3.03. The zero-order valence-electron chi connectivity index (χ0n) is 7.57. The lowest BCUT2D eigenvalue weighted by atomic mass is 10.1. The van der Waals surface area contributed by atoms with Gasteiger partial charge < -0.3 is 9.90 Å². The summed E-state index contributed by atoms with van der Waals surface area (Å²) in [7, 11) is 0. The number of hydrogen-bond donors (Lipinski definition) is 1. The number of rotatable bonds is 5. The molecule has 70 valence electrons. The molecular formula is C11H14O2. The summed E-state index contributed by atoms with van der Waals surface area (Å²) in [6.45, 7) is 0.0919. The summed E-state index contributed by atoms with van der Waals surface area (Å²) in [4.78, 5) is 10.1. The zero-order chi connectivity index (χ0) is 9.52. The molecule has 0 radical (unpaired) electrons. The molecule has 2 nitrogen and oxygen atoms in total. The molecule has 0 saturated heterocycles. The van der Waals surface area contributed by atoms with Crippen molar-refractivity contribution < 1.29 is 9.90 Å². The lowest BCUT2D eigenvalue weighted by Crippen LogP contribution is -1.88. The topological polar surface area (TPSA) is 37.3 Å². The van der Waals surface area contributed by atoms with E-state index in [9.17, 15) is 4.79 Å². The van der Waals surface area contributed by atoms with E-state index in [1.807, 2.05) is 24.3 Å². The van der Waals surface area contributed by atoms with Gasteiger partial charge in [0.2, 0.25) is 0 Å². The first-order valence-electron chi connectivity index (χ1n) is 4.49. The minimum atomic E-state index is 0.0919. The Morgan fingerprint density at radius 1 is 1.15 bits per heavy atom. The summed E-state index contributed by atoms with van der Waals surface area (Å²) in [6, 6.07) is 7.82. The van der Waals surface area contributed by atoms with Crippen molar-refractivity contribution in [3.63, 3.8) is 0 Å².